The van der Waals surface area contributed by atoms with Crippen molar-refractivity contribution in [1.29, 1.82) is 0 Å². The molecule has 0 amide bonds. The summed E-state index contributed by atoms with van der Waals surface area (Å²) in [5.74, 6) is 0. The summed E-state index contributed by atoms with van der Waals surface area (Å²) in [5.41, 5.74) is 2.38. The number of anilines is 1. The molecule has 0 bridgehead atoms. The zero-order chi connectivity index (χ0) is 15.8. The number of hydrogen-bond acceptors (Lipinski definition) is 3. The molecule has 0 radical (unpaired) electrons. The molecular formula is C17H29ClN2O. The third kappa shape index (κ3) is 5.50. The maximum Gasteiger partial charge on any atom is 0.0637 e. The molecule has 1 aromatic carbocycles. The van der Waals surface area contributed by atoms with Gasteiger partial charge < -0.3 is 15.0 Å². The quantitative estimate of drug-likeness (QED) is 0.743. The van der Waals surface area contributed by atoms with Crippen LogP contribution in [0.15, 0.2) is 18.2 Å². The fraction of sp³-hybridized carbons (Fsp3) is 0.647. The van der Waals surface area contributed by atoms with E-state index < -0.39 is 0 Å². The smallest absolute Gasteiger partial charge is 0.0637 e. The highest BCUT2D eigenvalue weighted by atomic mass is 35.5. The molecule has 1 N–H and O–H groups in total. The second kappa shape index (κ2) is 9.29. The van der Waals surface area contributed by atoms with Gasteiger partial charge >= 0.3 is 0 Å². The molecule has 0 spiro atoms. The summed E-state index contributed by atoms with van der Waals surface area (Å²) in [6.45, 7) is 11.1. The molecule has 0 fully saturated rings. The maximum absolute atomic E-state index is 6.44. The minimum atomic E-state index is 0.435. The van der Waals surface area contributed by atoms with Crippen molar-refractivity contribution in [3.8, 4) is 0 Å². The SMILES string of the molecule is CCC(C)N(CCOC)c1cccc(Cl)c1CNC(C)C. The van der Waals surface area contributed by atoms with E-state index in [1.54, 1.807) is 7.11 Å². The number of methoxy groups -OCH3 is 1. The van der Waals surface area contributed by atoms with E-state index in [1.807, 2.05) is 12.1 Å². The molecule has 0 aromatic heterocycles. The van der Waals surface area contributed by atoms with E-state index in [4.69, 9.17) is 16.3 Å². The monoisotopic (exact) mass is 312 g/mol. The minimum absolute atomic E-state index is 0.435. The molecule has 120 valence electrons. The third-order valence-corrected chi connectivity index (χ3v) is 4.10. The van der Waals surface area contributed by atoms with Crippen molar-refractivity contribution in [2.45, 2.75) is 52.7 Å². The Kier molecular flexibility index (Phi) is 8.09. The highest BCUT2D eigenvalue weighted by molar-refractivity contribution is 6.31. The highest BCUT2D eigenvalue weighted by Crippen LogP contribution is 2.29. The molecule has 1 atom stereocenters. The minimum Gasteiger partial charge on any atom is -0.383 e. The van der Waals surface area contributed by atoms with E-state index in [-0.39, 0.29) is 0 Å². The third-order valence-electron chi connectivity index (χ3n) is 3.75. The molecule has 1 aromatic rings. The number of ether oxygens (including phenoxy) is 1. The van der Waals surface area contributed by atoms with E-state index in [0.29, 0.717) is 18.7 Å². The Morgan fingerprint density at radius 3 is 2.57 bits per heavy atom. The zero-order valence-corrected chi connectivity index (χ0v) is 14.7. The predicted octanol–water partition coefficient (Wildman–Crippen LogP) is 4.09. The van der Waals surface area contributed by atoms with Crippen molar-refractivity contribution in [3.63, 3.8) is 0 Å². The van der Waals surface area contributed by atoms with Crippen molar-refractivity contribution < 1.29 is 4.74 Å². The Labute approximate surface area is 134 Å². The molecule has 3 nitrogen and oxygen atoms in total. The summed E-state index contributed by atoms with van der Waals surface area (Å²) in [7, 11) is 1.74. The first kappa shape index (κ1) is 18.3. The van der Waals surface area contributed by atoms with Gasteiger partial charge in [0.1, 0.15) is 0 Å². The van der Waals surface area contributed by atoms with Crippen LogP contribution in [0.3, 0.4) is 0 Å². The zero-order valence-electron chi connectivity index (χ0n) is 13.9. The Morgan fingerprint density at radius 2 is 2.00 bits per heavy atom. The first-order valence-corrected chi connectivity index (χ1v) is 8.15. The lowest BCUT2D eigenvalue weighted by Crippen LogP contribution is -2.36. The lowest BCUT2D eigenvalue weighted by molar-refractivity contribution is 0.203. The molecule has 0 saturated carbocycles. The Balaban J connectivity index is 3.07. The van der Waals surface area contributed by atoms with E-state index in [0.717, 1.165) is 24.5 Å². The first-order chi connectivity index (χ1) is 10.0. The van der Waals surface area contributed by atoms with Crippen molar-refractivity contribution >= 4 is 17.3 Å². The van der Waals surface area contributed by atoms with Crippen LogP contribution in [0.2, 0.25) is 5.02 Å². The lowest BCUT2D eigenvalue weighted by atomic mass is 10.1. The van der Waals surface area contributed by atoms with E-state index in [9.17, 15) is 0 Å². The van der Waals surface area contributed by atoms with Gasteiger partial charge in [0.05, 0.1) is 6.61 Å². The number of halogens is 1. The second-order valence-corrected chi connectivity index (χ2v) is 6.12. The van der Waals surface area contributed by atoms with Crippen LogP contribution in [0.4, 0.5) is 5.69 Å². The van der Waals surface area contributed by atoms with Crippen molar-refractivity contribution in [2.75, 3.05) is 25.2 Å². The van der Waals surface area contributed by atoms with Crippen LogP contribution in [0.25, 0.3) is 0 Å². The molecule has 0 aliphatic rings. The van der Waals surface area contributed by atoms with Crippen LogP contribution in [-0.2, 0) is 11.3 Å². The molecule has 1 rings (SSSR count). The van der Waals surface area contributed by atoms with Gasteiger partial charge in [-0.1, -0.05) is 38.4 Å². The average Bonchev–Trinajstić information content (AvgIpc) is 2.46. The van der Waals surface area contributed by atoms with Gasteiger partial charge in [-0.25, -0.2) is 0 Å². The molecule has 0 saturated heterocycles. The standard InChI is InChI=1S/C17H29ClN2O/c1-6-14(4)20(10-11-21-5)17-9-7-8-16(18)15(17)12-19-13(2)3/h7-9,13-14,19H,6,10-12H2,1-5H3. The van der Waals surface area contributed by atoms with Gasteiger partial charge in [0.15, 0.2) is 0 Å². The molecule has 0 aliphatic heterocycles. The second-order valence-electron chi connectivity index (χ2n) is 5.72. The average molecular weight is 313 g/mol. The highest BCUT2D eigenvalue weighted by Gasteiger charge is 2.18. The first-order valence-electron chi connectivity index (χ1n) is 7.77. The van der Waals surface area contributed by atoms with Gasteiger partial charge in [-0.05, 0) is 25.5 Å². The van der Waals surface area contributed by atoms with Crippen LogP contribution >= 0.6 is 11.6 Å². The number of nitrogens with one attached hydrogen (secondary N) is 1. The van der Waals surface area contributed by atoms with Crippen LogP contribution in [-0.4, -0.2) is 32.3 Å². The summed E-state index contributed by atoms with van der Waals surface area (Å²) in [6.07, 6.45) is 1.09. The number of benzene rings is 1. The van der Waals surface area contributed by atoms with Gasteiger partial charge in [0.2, 0.25) is 0 Å². The van der Waals surface area contributed by atoms with Crippen molar-refractivity contribution in [1.82, 2.24) is 5.32 Å². The molecular weight excluding hydrogens is 284 g/mol. The Hall–Kier alpha value is -0.770. The van der Waals surface area contributed by atoms with E-state index >= 15 is 0 Å². The van der Waals surface area contributed by atoms with Gasteiger partial charge in [0, 0.05) is 48.6 Å². The van der Waals surface area contributed by atoms with E-state index in [1.165, 1.54) is 11.3 Å². The summed E-state index contributed by atoms with van der Waals surface area (Å²) >= 11 is 6.44. The van der Waals surface area contributed by atoms with Gasteiger partial charge in [-0.3, -0.25) is 0 Å². The van der Waals surface area contributed by atoms with Crippen molar-refractivity contribution in [2.24, 2.45) is 0 Å². The molecule has 0 aliphatic carbocycles. The Bertz CT molecular complexity index is 423. The van der Waals surface area contributed by atoms with Gasteiger partial charge in [-0.2, -0.15) is 0 Å². The number of rotatable bonds is 9. The van der Waals surface area contributed by atoms with Gasteiger partial charge in [-0.15, -0.1) is 0 Å². The van der Waals surface area contributed by atoms with Crippen LogP contribution < -0.4 is 10.2 Å². The summed E-state index contributed by atoms with van der Waals surface area (Å²) in [4.78, 5) is 2.40. The van der Waals surface area contributed by atoms with Crippen LogP contribution in [0.1, 0.15) is 39.7 Å². The fourth-order valence-electron chi connectivity index (χ4n) is 2.29. The predicted molar refractivity (Wildman–Crippen MR) is 92.4 cm³/mol. The summed E-state index contributed by atoms with van der Waals surface area (Å²) in [5, 5.41) is 4.29. The van der Waals surface area contributed by atoms with Gasteiger partial charge in [0.25, 0.3) is 0 Å². The fourth-order valence-corrected chi connectivity index (χ4v) is 2.52. The summed E-state index contributed by atoms with van der Waals surface area (Å²) in [6, 6.07) is 7.04. The van der Waals surface area contributed by atoms with Crippen LogP contribution in [0.5, 0.6) is 0 Å². The molecule has 21 heavy (non-hydrogen) atoms. The van der Waals surface area contributed by atoms with E-state index in [2.05, 4.69) is 44.0 Å². The number of nitrogens with zero attached hydrogens (tertiary/aromatic N) is 1. The molecule has 0 heterocycles. The number of hydrogen-bond donors (Lipinski definition) is 1. The topological polar surface area (TPSA) is 24.5 Å². The maximum atomic E-state index is 6.44. The molecule has 1 unspecified atom stereocenters. The molecule has 4 heteroatoms. The largest absolute Gasteiger partial charge is 0.383 e. The normalized spacial score (nSPS) is 12.7. The lowest BCUT2D eigenvalue weighted by Gasteiger charge is -2.33. The van der Waals surface area contributed by atoms with Crippen molar-refractivity contribution in [3.05, 3.63) is 28.8 Å². The Morgan fingerprint density at radius 1 is 1.29 bits per heavy atom. The van der Waals surface area contributed by atoms with Crippen LogP contribution in [0, 0.1) is 0 Å². The summed E-state index contributed by atoms with van der Waals surface area (Å²) < 4.78 is 5.27.